The smallest absolute Gasteiger partial charge is 0.223 e. The molecule has 0 aliphatic carbocycles. The Kier molecular flexibility index (Phi) is 15.7. The first-order valence-corrected chi connectivity index (χ1v) is 14.0. The van der Waals surface area contributed by atoms with E-state index in [9.17, 15) is 9.59 Å². The lowest BCUT2D eigenvalue weighted by Gasteiger charge is -2.07. The third-order valence-electron chi connectivity index (χ3n) is 6.48. The third-order valence-corrected chi connectivity index (χ3v) is 6.48. The average molecular weight is 492 g/mol. The van der Waals surface area contributed by atoms with E-state index in [1.165, 1.54) is 38.5 Å². The predicted octanol–water partition coefficient (Wildman–Crippen LogP) is 4.18. The van der Waals surface area contributed by atoms with E-state index in [2.05, 4.69) is 41.9 Å². The molecule has 4 unspecified atom stereocenters. The minimum atomic E-state index is 0.0308. The lowest BCUT2D eigenvalue weighted by Crippen LogP contribution is -2.36. The van der Waals surface area contributed by atoms with E-state index in [1.807, 2.05) is 12.2 Å². The molecule has 0 radical (unpaired) electrons. The fraction of sp³-hybridized carbons (Fsp3) is 0.786. The van der Waals surface area contributed by atoms with Crippen LogP contribution in [0.4, 0.5) is 0 Å². The van der Waals surface area contributed by atoms with E-state index < -0.39 is 0 Å². The SMILES string of the molecule is CCCCCC1OC1C/C=C/CC(=O)NCCNCCNC(=O)C/C=C/CC1OC1CCCCC. The first-order valence-electron chi connectivity index (χ1n) is 14.0. The fourth-order valence-electron chi connectivity index (χ4n) is 4.16. The summed E-state index contributed by atoms with van der Waals surface area (Å²) in [5, 5.41) is 9.04. The molecule has 4 atom stereocenters. The molecule has 0 aromatic carbocycles. The minimum Gasteiger partial charge on any atom is -0.369 e. The van der Waals surface area contributed by atoms with Gasteiger partial charge in [-0.1, -0.05) is 76.7 Å². The molecule has 2 rings (SSSR count). The van der Waals surface area contributed by atoms with Crippen LogP contribution in [0.15, 0.2) is 24.3 Å². The number of rotatable bonds is 22. The van der Waals surface area contributed by atoms with Gasteiger partial charge in [0.1, 0.15) is 0 Å². The molecule has 2 aliphatic heterocycles. The van der Waals surface area contributed by atoms with Gasteiger partial charge >= 0.3 is 0 Å². The first-order chi connectivity index (χ1) is 17.1. The van der Waals surface area contributed by atoms with Crippen LogP contribution in [-0.4, -0.2) is 62.4 Å². The molecule has 0 spiro atoms. The van der Waals surface area contributed by atoms with Gasteiger partial charge in [0.05, 0.1) is 24.4 Å². The van der Waals surface area contributed by atoms with Crippen molar-refractivity contribution in [2.24, 2.45) is 0 Å². The van der Waals surface area contributed by atoms with Crippen molar-refractivity contribution in [3.8, 4) is 0 Å². The Labute approximate surface area is 212 Å². The molecule has 2 heterocycles. The Morgan fingerprint density at radius 1 is 0.629 bits per heavy atom. The molecule has 2 fully saturated rings. The summed E-state index contributed by atoms with van der Waals surface area (Å²) in [5.41, 5.74) is 0. The van der Waals surface area contributed by atoms with E-state index in [0.29, 0.717) is 63.4 Å². The van der Waals surface area contributed by atoms with Crippen LogP contribution in [0, 0.1) is 0 Å². The molecule has 7 nitrogen and oxygen atoms in total. The second-order valence-electron chi connectivity index (χ2n) is 9.69. The molecule has 35 heavy (non-hydrogen) atoms. The van der Waals surface area contributed by atoms with Gasteiger partial charge in [-0.25, -0.2) is 0 Å². The summed E-state index contributed by atoms with van der Waals surface area (Å²) in [6.07, 6.45) is 22.1. The van der Waals surface area contributed by atoms with Gasteiger partial charge in [-0.05, 0) is 25.7 Å². The maximum Gasteiger partial charge on any atom is 0.223 e. The van der Waals surface area contributed by atoms with Crippen molar-refractivity contribution >= 4 is 11.8 Å². The Morgan fingerprint density at radius 2 is 1.09 bits per heavy atom. The highest BCUT2D eigenvalue weighted by Crippen LogP contribution is 2.31. The number of hydrogen-bond donors (Lipinski definition) is 3. The molecule has 200 valence electrons. The maximum absolute atomic E-state index is 11.9. The summed E-state index contributed by atoms with van der Waals surface area (Å²) in [6.45, 7) is 6.95. The van der Waals surface area contributed by atoms with Crippen LogP contribution in [0.2, 0.25) is 0 Å². The van der Waals surface area contributed by atoms with Crippen molar-refractivity contribution in [2.45, 2.75) is 115 Å². The second kappa shape index (κ2) is 18.6. The highest BCUT2D eigenvalue weighted by atomic mass is 16.6. The molecular formula is C28H49N3O4. The number of ether oxygens (including phenoxy) is 2. The van der Waals surface area contributed by atoms with Crippen LogP contribution >= 0.6 is 0 Å². The lowest BCUT2D eigenvalue weighted by molar-refractivity contribution is -0.120. The van der Waals surface area contributed by atoms with E-state index in [1.54, 1.807) is 0 Å². The molecule has 7 heteroatoms. The number of carbonyl (C=O) groups is 2. The van der Waals surface area contributed by atoms with E-state index >= 15 is 0 Å². The average Bonchev–Trinajstić information content (AvgIpc) is 3.77. The highest BCUT2D eigenvalue weighted by molar-refractivity contribution is 5.77. The largest absolute Gasteiger partial charge is 0.369 e. The zero-order valence-electron chi connectivity index (χ0n) is 22.1. The lowest BCUT2D eigenvalue weighted by atomic mass is 10.1. The van der Waals surface area contributed by atoms with Gasteiger partial charge in [0.25, 0.3) is 0 Å². The molecule has 0 aromatic rings. The fourth-order valence-corrected chi connectivity index (χ4v) is 4.16. The molecule has 0 aromatic heterocycles. The number of unbranched alkanes of at least 4 members (excludes halogenated alkanes) is 4. The Morgan fingerprint density at radius 3 is 1.51 bits per heavy atom. The first kappa shape index (κ1) is 29.5. The maximum atomic E-state index is 11.9. The summed E-state index contributed by atoms with van der Waals surface area (Å²) < 4.78 is 11.3. The zero-order valence-corrected chi connectivity index (χ0v) is 22.1. The number of nitrogens with one attached hydrogen (secondary N) is 3. The second-order valence-corrected chi connectivity index (χ2v) is 9.69. The summed E-state index contributed by atoms with van der Waals surface area (Å²) in [6, 6.07) is 0. The standard InChI is InChI=1S/C28H49N3O4/c1-3-5-7-13-23-25(34-23)15-9-11-17-27(32)30-21-19-29-20-22-31-28(33)18-12-10-16-26-24(35-26)14-8-6-4-2/h9-12,23-26,29H,3-8,13-22H2,1-2H3,(H,30,32)(H,31,33)/b11-9+,12-10+. The van der Waals surface area contributed by atoms with Crippen LogP contribution in [0.1, 0.15) is 90.9 Å². The van der Waals surface area contributed by atoms with Crippen LogP contribution in [0.25, 0.3) is 0 Å². The van der Waals surface area contributed by atoms with Gasteiger partial charge in [0.2, 0.25) is 11.8 Å². The van der Waals surface area contributed by atoms with Gasteiger partial charge in [-0.15, -0.1) is 0 Å². The van der Waals surface area contributed by atoms with Gasteiger partial charge in [0.15, 0.2) is 0 Å². The van der Waals surface area contributed by atoms with Crippen LogP contribution in [0.5, 0.6) is 0 Å². The molecule has 2 aliphatic rings. The van der Waals surface area contributed by atoms with Crippen molar-refractivity contribution in [1.82, 2.24) is 16.0 Å². The van der Waals surface area contributed by atoms with Crippen molar-refractivity contribution in [3.63, 3.8) is 0 Å². The van der Waals surface area contributed by atoms with Gasteiger partial charge in [-0.3, -0.25) is 9.59 Å². The van der Waals surface area contributed by atoms with Crippen LogP contribution in [-0.2, 0) is 19.1 Å². The van der Waals surface area contributed by atoms with Crippen molar-refractivity contribution in [1.29, 1.82) is 0 Å². The molecule has 3 N–H and O–H groups in total. The summed E-state index contributed by atoms with van der Waals surface area (Å²) in [5.74, 6) is 0.0615. The highest BCUT2D eigenvalue weighted by Gasteiger charge is 2.37. The zero-order chi connectivity index (χ0) is 25.1. The summed E-state index contributed by atoms with van der Waals surface area (Å²) in [7, 11) is 0. The number of carbonyl (C=O) groups excluding carboxylic acids is 2. The number of amides is 2. The van der Waals surface area contributed by atoms with Crippen LogP contribution < -0.4 is 16.0 Å². The Bertz CT molecular complexity index is 598. The van der Waals surface area contributed by atoms with E-state index in [-0.39, 0.29) is 11.8 Å². The molecule has 0 bridgehead atoms. The topological polar surface area (TPSA) is 95.3 Å². The van der Waals surface area contributed by atoms with Crippen molar-refractivity contribution in [3.05, 3.63) is 24.3 Å². The van der Waals surface area contributed by atoms with Gasteiger partial charge < -0.3 is 25.4 Å². The summed E-state index contributed by atoms with van der Waals surface area (Å²) in [4.78, 5) is 23.8. The molecule has 2 amide bonds. The molecular weight excluding hydrogens is 442 g/mol. The normalized spacial score (nSPS) is 23.1. The summed E-state index contributed by atoms with van der Waals surface area (Å²) >= 11 is 0. The number of epoxide rings is 2. The minimum absolute atomic E-state index is 0.0308. The van der Waals surface area contributed by atoms with Crippen molar-refractivity contribution < 1.29 is 19.1 Å². The molecule has 0 saturated carbocycles. The predicted molar refractivity (Wildman–Crippen MR) is 141 cm³/mol. The Hall–Kier alpha value is -1.70. The number of hydrogen-bond acceptors (Lipinski definition) is 5. The van der Waals surface area contributed by atoms with Gasteiger partial charge in [0, 0.05) is 39.0 Å². The monoisotopic (exact) mass is 491 g/mol. The third kappa shape index (κ3) is 15.1. The van der Waals surface area contributed by atoms with Gasteiger partial charge in [-0.2, -0.15) is 0 Å². The Balaban J connectivity index is 1.32. The quantitative estimate of drug-likeness (QED) is 0.120. The van der Waals surface area contributed by atoms with Crippen molar-refractivity contribution in [2.75, 3.05) is 26.2 Å². The molecule has 2 saturated heterocycles. The van der Waals surface area contributed by atoms with E-state index in [4.69, 9.17) is 9.47 Å². The van der Waals surface area contributed by atoms with E-state index in [0.717, 1.165) is 25.7 Å². The van der Waals surface area contributed by atoms with Crippen LogP contribution in [0.3, 0.4) is 0 Å².